The average Bonchev–Trinajstić information content (AvgIpc) is 2.99. The van der Waals surface area contributed by atoms with Crippen LogP contribution in [0.3, 0.4) is 0 Å². The van der Waals surface area contributed by atoms with E-state index in [9.17, 15) is 18.0 Å². The second-order valence-electron chi connectivity index (χ2n) is 11.9. The second-order valence-corrected chi connectivity index (χ2v) is 14.6. The number of amides is 2. The predicted molar refractivity (Wildman–Crippen MR) is 181 cm³/mol. The number of anilines is 1. The van der Waals surface area contributed by atoms with Gasteiger partial charge in [-0.25, -0.2) is 8.42 Å². The lowest BCUT2D eigenvalue weighted by molar-refractivity contribution is -0.140. The Morgan fingerprint density at radius 2 is 1.44 bits per heavy atom. The third-order valence-electron chi connectivity index (χ3n) is 6.99. The lowest BCUT2D eigenvalue weighted by Crippen LogP contribution is -2.56. The summed E-state index contributed by atoms with van der Waals surface area (Å²) in [6, 6.07) is 28.3. The van der Waals surface area contributed by atoms with Crippen molar-refractivity contribution in [1.82, 2.24) is 10.2 Å². The van der Waals surface area contributed by atoms with Gasteiger partial charge in [0, 0.05) is 23.5 Å². The SMILES string of the molecule is Cc1cccc(CN(C(=O)CN(c2cc(Cl)ccc2Cl)S(=O)(=O)c2ccccc2)C(Cc2ccccc2)C(=O)NC(C)(C)C)c1. The van der Waals surface area contributed by atoms with Crippen LogP contribution in [0.15, 0.2) is 108 Å². The molecule has 0 saturated carbocycles. The molecular weight excluding hydrogens is 629 g/mol. The van der Waals surface area contributed by atoms with Crippen molar-refractivity contribution >= 4 is 50.7 Å². The van der Waals surface area contributed by atoms with E-state index in [0.717, 1.165) is 21.0 Å². The molecule has 0 aliphatic rings. The number of hydrogen-bond acceptors (Lipinski definition) is 4. The van der Waals surface area contributed by atoms with Crippen molar-refractivity contribution in [3.8, 4) is 0 Å². The Labute approximate surface area is 275 Å². The Balaban J connectivity index is 1.84. The maximum atomic E-state index is 14.6. The molecule has 1 atom stereocenters. The minimum Gasteiger partial charge on any atom is -0.350 e. The highest BCUT2D eigenvalue weighted by atomic mass is 35.5. The van der Waals surface area contributed by atoms with Gasteiger partial charge < -0.3 is 10.2 Å². The van der Waals surface area contributed by atoms with E-state index in [1.165, 1.54) is 29.2 Å². The molecule has 2 amide bonds. The molecule has 0 radical (unpaired) electrons. The smallest absolute Gasteiger partial charge is 0.264 e. The summed E-state index contributed by atoms with van der Waals surface area (Å²) in [5.41, 5.74) is 2.10. The normalized spacial score (nSPS) is 12.3. The number of halogens is 2. The van der Waals surface area contributed by atoms with E-state index in [0.29, 0.717) is 0 Å². The molecule has 0 aromatic heterocycles. The van der Waals surface area contributed by atoms with E-state index >= 15 is 0 Å². The number of benzene rings is 4. The van der Waals surface area contributed by atoms with Crippen molar-refractivity contribution in [2.24, 2.45) is 0 Å². The molecule has 236 valence electrons. The van der Waals surface area contributed by atoms with E-state index in [1.807, 2.05) is 82.3 Å². The Morgan fingerprint density at radius 1 is 0.822 bits per heavy atom. The molecule has 1 unspecified atom stereocenters. The van der Waals surface area contributed by atoms with Crippen molar-refractivity contribution in [1.29, 1.82) is 0 Å². The van der Waals surface area contributed by atoms with Crippen molar-refractivity contribution in [2.75, 3.05) is 10.8 Å². The minimum atomic E-state index is -4.29. The van der Waals surface area contributed by atoms with Gasteiger partial charge in [-0.15, -0.1) is 0 Å². The first kappa shape index (κ1) is 34.0. The summed E-state index contributed by atoms with van der Waals surface area (Å²) < 4.78 is 29.2. The van der Waals surface area contributed by atoms with Gasteiger partial charge in [0.1, 0.15) is 12.6 Å². The summed E-state index contributed by atoms with van der Waals surface area (Å²) in [7, 11) is -4.29. The fourth-order valence-corrected chi connectivity index (χ4v) is 6.81. The summed E-state index contributed by atoms with van der Waals surface area (Å²) >= 11 is 12.8. The average molecular weight is 667 g/mol. The summed E-state index contributed by atoms with van der Waals surface area (Å²) in [5, 5.41) is 3.38. The summed E-state index contributed by atoms with van der Waals surface area (Å²) in [6.45, 7) is 6.99. The lowest BCUT2D eigenvalue weighted by Gasteiger charge is -2.35. The molecule has 0 heterocycles. The van der Waals surface area contributed by atoms with Gasteiger partial charge in [-0.05, 0) is 69.2 Å². The van der Waals surface area contributed by atoms with Crippen LogP contribution in [0.2, 0.25) is 10.0 Å². The van der Waals surface area contributed by atoms with Gasteiger partial charge in [-0.3, -0.25) is 13.9 Å². The standard InChI is InChI=1S/C35H37Cl2N3O4S/c1-25-12-11-15-27(20-25)23-39(32(34(42)38-35(2,3)4)21-26-13-7-5-8-14-26)33(41)24-40(31-22-28(36)18-19-30(31)37)45(43,44)29-16-9-6-10-17-29/h5-20,22,32H,21,23-24H2,1-4H3,(H,38,42). The number of rotatable bonds is 11. The van der Waals surface area contributed by atoms with Gasteiger partial charge in [-0.1, -0.05) is 102 Å². The van der Waals surface area contributed by atoms with E-state index in [1.54, 1.807) is 24.3 Å². The molecule has 7 nitrogen and oxygen atoms in total. The van der Waals surface area contributed by atoms with Gasteiger partial charge in [-0.2, -0.15) is 0 Å². The first-order chi connectivity index (χ1) is 21.2. The highest BCUT2D eigenvalue weighted by molar-refractivity contribution is 7.92. The van der Waals surface area contributed by atoms with Crippen molar-refractivity contribution in [2.45, 2.75) is 57.1 Å². The summed E-state index contributed by atoms with van der Waals surface area (Å²) in [6.07, 6.45) is 0.212. The lowest BCUT2D eigenvalue weighted by atomic mass is 10.0. The van der Waals surface area contributed by atoms with Crippen molar-refractivity contribution in [3.63, 3.8) is 0 Å². The molecule has 0 bridgehead atoms. The Kier molecular flexibility index (Phi) is 11.0. The molecule has 0 fully saturated rings. The van der Waals surface area contributed by atoms with Crippen molar-refractivity contribution in [3.05, 3.63) is 130 Å². The maximum absolute atomic E-state index is 14.6. The van der Waals surface area contributed by atoms with Gasteiger partial charge in [0.05, 0.1) is 15.6 Å². The fourth-order valence-electron chi connectivity index (χ4n) is 4.92. The molecule has 4 aromatic carbocycles. The van der Waals surface area contributed by atoms with Crippen LogP contribution in [0.5, 0.6) is 0 Å². The summed E-state index contributed by atoms with van der Waals surface area (Å²) in [4.78, 5) is 30.0. The van der Waals surface area contributed by atoms with Crippen LogP contribution in [0, 0.1) is 6.92 Å². The van der Waals surface area contributed by atoms with Crippen LogP contribution in [-0.4, -0.2) is 43.3 Å². The van der Waals surface area contributed by atoms with Gasteiger partial charge in [0.15, 0.2) is 0 Å². The van der Waals surface area contributed by atoms with Gasteiger partial charge >= 0.3 is 0 Å². The van der Waals surface area contributed by atoms with E-state index in [2.05, 4.69) is 5.32 Å². The van der Waals surface area contributed by atoms with Crippen LogP contribution in [-0.2, 0) is 32.6 Å². The minimum absolute atomic E-state index is 0.0228. The molecule has 45 heavy (non-hydrogen) atoms. The zero-order chi connectivity index (χ0) is 32.8. The highest BCUT2D eigenvalue weighted by Gasteiger charge is 2.36. The largest absolute Gasteiger partial charge is 0.350 e. The Hall–Kier alpha value is -3.85. The zero-order valence-electron chi connectivity index (χ0n) is 25.7. The summed E-state index contributed by atoms with van der Waals surface area (Å²) in [5.74, 6) is -0.942. The quantitative estimate of drug-likeness (QED) is 0.186. The highest BCUT2D eigenvalue weighted by Crippen LogP contribution is 2.33. The number of sulfonamides is 1. The fraction of sp³-hybridized carbons (Fsp3) is 0.257. The van der Waals surface area contributed by atoms with Gasteiger partial charge in [0.25, 0.3) is 10.0 Å². The molecule has 10 heteroatoms. The molecule has 0 aliphatic heterocycles. The molecule has 0 saturated heterocycles. The van der Waals surface area contributed by atoms with Crippen LogP contribution >= 0.6 is 23.2 Å². The molecule has 0 spiro atoms. The molecule has 0 aliphatic carbocycles. The Bertz CT molecular complexity index is 1740. The van der Waals surface area contributed by atoms with Crippen LogP contribution < -0.4 is 9.62 Å². The maximum Gasteiger partial charge on any atom is 0.264 e. The topological polar surface area (TPSA) is 86.8 Å². The van der Waals surface area contributed by atoms with Crippen molar-refractivity contribution < 1.29 is 18.0 Å². The Morgan fingerprint density at radius 3 is 2.07 bits per heavy atom. The first-order valence-electron chi connectivity index (χ1n) is 14.5. The molecule has 1 N–H and O–H groups in total. The van der Waals surface area contributed by atoms with Crippen LogP contribution in [0.4, 0.5) is 5.69 Å². The number of nitrogens with one attached hydrogen (secondary N) is 1. The molecule has 4 rings (SSSR count). The monoisotopic (exact) mass is 665 g/mol. The van der Waals surface area contributed by atoms with E-state index in [4.69, 9.17) is 23.2 Å². The zero-order valence-corrected chi connectivity index (χ0v) is 28.0. The number of carbonyl (C=O) groups excluding carboxylic acids is 2. The number of aryl methyl sites for hydroxylation is 1. The predicted octanol–water partition coefficient (Wildman–Crippen LogP) is 7.05. The van der Waals surface area contributed by atoms with Crippen LogP contribution in [0.1, 0.15) is 37.5 Å². The third-order valence-corrected chi connectivity index (χ3v) is 9.32. The molecule has 4 aromatic rings. The van der Waals surface area contributed by atoms with Crippen LogP contribution in [0.25, 0.3) is 0 Å². The second kappa shape index (κ2) is 14.5. The molecular formula is C35H37Cl2N3O4S. The van der Waals surface area contributed by atoms with E-state index in [-0.39, 0.29) is 39.5 Å². The van der Waals surface area contributed by atoms with E-state index < -0.39 is 34.1 Å². The number of nitrogens with zero attached hydrogens (tertiary/aromatic N) is 2. The number of carbonyl (C=O) groups is 2. The third kappa shape index (κ3) is 9.10. The number of hydrogen-bond donors (Lipinski definition) is 1. The van der Waals surface area contributed by atoms with Gasteiger partial charge in [0.2, 0.25) is 11.8 Å². The first-order valence-corrected chi connectivity index (χ1v) is 16.7.